The van der Waals surface area contributed by atoms with E-state index in [1.165, 1.54) is 5.56 Å². The molecule has 7 heteroatoms. The molecule has 0 saturated carbocycles. The van der Waals surface area contributed by atoms with Crippen molar-refractivity contribution in [3.05, 3.63) is 35.4 Å². The summed E-state index contributed by atoms with van der Waals surface area (Å²) in [6.07, 6.45) is 5.97. The molecule has 1 unspecified atom stereocenters. The van der Waals surface area contributed by atoms with Gasteiger partial charge in [-0.3, -0.25) is 9.59 Å². The second-order valence-electron chi connectivity index (χ2n) is 9.65. The minimum Gasteiger partial charge on any atom is -0.444 e. The number of hydrogen-bond acceptors (Lipinski definition) is 4. The van der Waals surface area contributed by atoms with Crippen LogP contribution in [0.5, 0.6) is 0 Å². The van der Waals surface area contributed by atoms with E-state index in [1.54, 1.807) is 25.7 Å². The summed E-state index contributed by atoms with van der Waals surface area (Å²) in [6.45, 7) is 12.4. The van der Waals surface area contributed by atoms with Crippen LogP contribution in [0.15, 0.2) is 24.3 Å². The van der Waals surface area contributed by atoms with Crippen molar-refractivity contribution in [3.63, 3.8) is 0 Å². The van der Waals surface area contributed by atoms with Gasteiger partial charge in [-0.15, -0.1) is 0 Å². The molecule has 2 N–H and O–H groups in total. The van der Waals surface area contributed by atoms with Crippen LogP contribution in [0.25, 0.3) is 0 Å². The second kappa shape index (κ2) is 15.4. The number of nitrogens with zero attached hydrogens (tertiary/aromatic N) is 1. The fourth-order valence-electron chi connectivity index (χ4n) is 3.59. The lowest BCUT2D eigenvalue weighted by molar-refractivity contribution is -0.140. The quantitative estimate of drug-likeness (QED) is 0.365. The van der Waals surface area contributed by atoms with Gasteiger partial charge in [-0.25, -0.2) is 4.79 Å². The summed E-state index contributed by atoms with van der Waals surface area (Å²) in [5.41, 5.74) is 1.28. The molecule has 0 aliphatic heterocycles. The Morgan fingerprint density at radius 3 is 2.09 bits per heavy atom. The van der Waals surface area contributed by atoms with Gasteiger partial charge in [0.15, 0.2) is 0 Å². The Kier molecular flexibility index (Phi) is 13.3. The van der Waals surface area contributed by atoms with Crippen molar-refractivity contribution < 1.29 is 19.1 Å². The lowest BCUT2D eigenvalue weighted by Gasteiger charge is -2.32. The second-order valence-corrected chi connectivity index (χ2v) is 9.65. The number of alkyl carbamates (subject to hydrolysis) is 1. The largest absolute Gasteiger partial charge is 0.444 e. The third kappa shape index (κ3) is 11.0. The number of amides is 3. The highest BCUT2D eigenvalue weighted by atomic mass is 16.6. The van der Waals surface area contributed by atoms with E-state index in [9.17, 15) is 14.4 Å². The number of rotatable bonds is 14. The number of carbonyl (C=O) groups excluding carboxylic acids is 3. The van der Waals surface area contributed by atoms with E-state index in [4.69, 9.17) is 4.74 Å². The Labute approximate surface area is 206 Å². The molecule has 0 aliphatic carbocycles. The van der Waals surface area contributed by atoms with Gasteiger partial charge < -0.3 is 20.3 Å². The normalized spacial score (nSPS) is 12.1. The van der Waals surface area contributed by atoms with Crippen molar-refractivity contribution in [2.45, 2.75) is 98.1 Å². The average Bonchev–Trinajstić information content (AvgIpc) is 2.79. The molecule has 34 heavy (non-hydrogen) atoms. The van der Waals surface area contributed by atoms with Crippen molar-refractivity contribution in [2.24, 2.45) is 0 Å². The fraction of sp³-hybridized carbons (Fsp3) is 0.667. The van der Waals surface area contributed by atoms with Crippen LogP contribution in [-0.4, -0.2) is 48.0 Å². The van der Waals surface area contributed by atoms with E-state index in [-0.39, 0.29) is 18.4 Å². The number of hydrogen-bond donors (Lipinski definition) is 2. The summed E-state index contributed by atoms with van der Waals surface area (Å²) in [7, 11) is 0. The highest BCUT2D eigenvalue weighted by Gasteiger charge is 2.31. The molecule has 1 aromatic carbocycles. The average molecular weight is 476 g/mol. The molecular weight excluding hydrogens is 430 g/mol. The first-order valence-electron chi connectivity index (χ1n) is 12.8. The number of nitrogens with one attached hydrogen (secondary N) is 2. The van der Waals surface area contributed by atoms with Crippen LogP contribution < -0.4 is 10.6 Å². The number of ether oxygens (including phenoxy) is 1. The molecule has 0 bridgehead atoms. The number of unbranched alkanes of at least 4 members (excludes halogenated alkanes) is 4. The molecule has 7 nitrogen and oxygen atoms in total. The van der Waals surface area contributed by atoms with Gasteiger partial charge in [0, 0.05) is 13.1 Å². The summed E-state index contributed by atoms with van der Waals surface area (Å²) in [5.74, 6) is -0.502. The lowest BCUT2D eigenvalue weighted by Crippen LogP contribution is -2.48. The standard InChI is InChI=1S/C27H45N3O4/c1-7-10-12-18-28-25(32)24(22-16-14-21(9-3)15-17-22)30(19-13-11-8-2)23(31)20-29-26(33)34-27(4,5)6/h14-17,24H,7-13,18-20H2,1-6H3,(H,28,32)(H,29,33). The highest BCUT2D eigenvalue weighted by Crippen LogP contribution is 2.23. The first kappa shape index (κ1) is 29.5. The predicted molar refractivity (Wildman–Crippen MR) is 137 cm³/mol. The number of aryl methyl sites for hydroxylation is 1. The summed E-state index contributed by atoms with van der Waals surface area (Å²) in [6, 6.07) is 7.10. The topological polar surface area (TPSA) is 87.7 Å². The van der Waals surface area contributed by atoms with Gasteiger partial charge in [0.2, 0.25) is 11.8 Å². The van der Waals surface area contributed by atoms with E-state index in [0.29, 0.717) is 13.1 Å². The van der Waals surface area contributed by atoms with E-state index in [0.717, 1.165) is 50.5 Å². The van der Waals surface area contributed by atoms with Gasteiger partial charge in [-0.05, 0) is 51.2 Å². The minimum absolute atomic E-state index is 0.192. The molecular formula is C27H45N3O4. The van der Waals surface area contributed by atoms with Crippen LogP contribution >= 0.6 is 0 Å². The van der Waals surface area contributed by atoms with Crippen LogP contribution in [0.4, 0.5) is 4.79 Å². The maximum atomic E-state index is 13.3. The number of carbonyl (C=O) groups is 3. The molecule has 1 atom stereocenters. The van der Waals surface area contributed by atoms with E-state index < -0.39 is 17.7 Å². The zero-order valence-corrected chi connectivity index (χ0v) is 22.0. The van der Waals surface area contributed by atoms with Gasteiger partial charge in [0.25, 0.3) is 0 Å². The molecule has 1 rings (SSSR count). The van der Waals surface area contributed by atoms with Crippen LogP contribution in [0.1, 0.15) is 97.2 Å². The Hall–Kier alpha value is -2.57. The first-order valence-corrected chi connectivity index (χ1v) is 12.8. The molecule has 3 amide bonds. The van der Waals surface area contributed by atoms with Gasteiger partial charge in [-0.2, -0.15) is 0 Å². The van der Waals surface area contributed by atoms with Crippen molar-refractivity contribution >= 4 is 17.9 Å². The van der Waals surface area contributed by atoms with E-state index in [2.05, 4.69) is 31.4 Å². The van der Waals surface area contributed by atoms with Crippen molar-refractivity contribution in [3.8, 4) is 0 Å². The fourth-order valence-corrected chi connectivity index (χ4v) is 3.59. The first-order chi connectivity index (χ1) is 16.1. The Morgan fingerprint density at radius 2 is 1.53 bits per heavy atom. The highest BCUT2D eigenvalue weighted by molar-refractivity contribution is 5.90. The smallest absolute Gasteiger partial charge is 0.408 e. The van der Waals surface area contributed by atoms with Gasteiger partial charge in [-0.1, -0.05) is 70.7 Å². The Morgan fingerprint density at radius 1 is 0.912 bits per heavy atom. The van der Waals surface area contributed by atoms with E-state index in [1.807, 2.05) is 24.3 Å². The molecule has 1 aromatic rings. The summed E-state index contributed by atoms with van der Waals surface area (Å²) >= 11 is 0. The van der Waals surface area contributed by atoms with Crippen molar-refractivity contribution in [1.29, 1.82) is 0 Å². The molecule has 0 aromatic heterocycles. The van der Waals surface area contributed by atoms with Crippen LogP contribution in [-0.2, 0) is 20.7 Å². The summed E-state index contributed by atoms with van der Waals surface area (Å²) < 4.78 is 5.26. The summed E-state index contributed by atoms with van der Waals surface area (Å²) in [5, 5.41) is 5.57. The molecule has 0 aliphatic rings. The van der Waals surface area contributed by atoms with E-state index >= 15 is 0 Å². The maximum absolute atomic E-state index is 13.3. The Bertz CT molecular complexity index is 756. The zero-order valence-electron chi connectivity index (χ0n) is 22.0. The molecule has 0 heterocycles. The maximum Gasteiger partial charge on any atom is 0.408 e. The molecule has 192 valence electrons. The lowest BCUT2D eigenvalue weighted by atomic mass is 10.0. The van der Waals surface area contributed by atoms with Crippen molar-refractivity contribution in [1.82, 2.24) is 15.5 Å². The third-order valence-electron chi connectivity index (χ3n) is 5.45. The van der Waals surface area contributed by atoms with Gasteiger partial charge in [0.1, 0.15) is 18.2 Å². The van der Waals surface area contributed by atoms with Crippen molar-refractivity contribution in [2.75, 3.05) is 19.6 Å². The number of benzene rings is 1. The monoisotopic (exact) mass is 475 g/mol. The third-order valence-corrected chi connectivity index (χ3v) is 5.45. The van der Waals surface area contributed by atoms with Crippen LogP contribution in [0, 0.1) is 0 Å². The molecule has 0 radical (unpaired) electrons. The molecule has 0 fully saturated rings. The Balaban J connectivity index is 3.14. The zero-order chi connectivity index (χ0) is 25.6. The van der Waals surface area contributed by atoms with Crippen LogP contribution in [0.3, 0.4) is 0 Å². The summed E-state index contributed by atoms with van der Waals surface area (Å²) in [4.78, 5) is 40.4. The van der Waals surface area contributed by atoms with Crippen LogP contribution in [0.2, 0.25) is 0 Å². The minimum atomic E-state index is -0.752. The van der Waals surface area contributed by atoms with Gasteiger partial charge in [0.05, 0.1) is 0 Å². The SMILES string of the molecule is CCCCCNC(=O)C(c1ccc(CC)cc1)N(CCCCC)C(=O)CNC(=O)OC(C)(C)C. The van der Waals surface area contributed by atoms with Gasteiger partial charge >= 0.3 is 6.09 Å². The molecule has 0 spiro atoms. The predicted octanol–water partition coefficient (Wildman–Crippen LogP) is 5.14. The molecule has 0 saturated heterocycles.